The zero-order valence-corrected chi connectivity index (χ0v) is 12.2. The number of carbonyl (C=O) groups is 1. The molecule has 1 aromatic rings. The number of rotatable bonds is 2. The van der Waals surface area contributed by atoms with Crippen molar-refractivity contribution in [3.05, 3.63) is 22.2 Å². The Hall–Kier alpha value is -1.43. The fraction of sp³-hybridized carbons (Fsp3) is 0.417. The summed E-state index contributed by atoms with van der Waals surface area (Å²) in [4.78, 5) is 11.4. The number of phenolic OH excluding ortho intramolecular Hbond substituents is 1. The van der Waals surface area contributed by atoms with Gasteiger partial charge < -0.3 is 20.9 Å². The van der Waals surface area contributed by atoms with Gasteiger partial charge in [-0.15, -0.1) is 0 Å². The van der Waals surface area contributed by atoms with Gasteiger partial charge in [0.15, 0.2) is 5.75 Å². The number of hydrogen-bond donors (Lipinski definition) is 3. The zero-order chi connectivity index (χ0) is 13.9. The van der Waals surface area contributed by atoms with Crippen LogP contribution in [0.4, 0.5) is 10.5 Å². The van der Waals surface area contributed by atoms with E-state index in [0.717, 1.165) is 5.56 Å². The molecule has 1 amide bonds. The molecule has 0 aliphatic heterocycles. The Morgan fingerprint density at radius 1 is 1.50 bits per heavy atom. The number of phenols is 1. The molecule has 1 aromatic carbocycles. The maximum absolute atomic E-state index is 11.4. The number of hydrogen-bond acceptors (Lipinski definition) is 4. The molecule has 18 heavy (non-hydrogen) atoms. The first-order valence-electron chi connectivity index (χ1n) is 5.43. The molecular formula is C12H17BrN2O3. The second kappa shape index (κ2) is 5.48. The number of benzene rings is 1. The van der Waals surface area contributed by atoms with Crippen LogP contribution in [0.2, 0.25) is 0 Å². The average molecular weight is 317 g/mol. The maximum atomic E-state index is 11.4. The third-order valence-corrected chi connectivity index (χ3v) is 2.59. The first-order chi connectivity index (χ1) is 8.19. The third kappa shape index (κ3) is 4.44. The zero-order valence-electron chi connectivity index (χ0n) is 10.6. The van der Waals surface area contributed by atoms with Crippen LogP contribution in [0.25, 0.3) is 0 Å². The quantitative estimate of drug-likeness (QED) is 0.578. The molecule has 0 spiro atoms. The lowest BCUT2D eigenvalue weighted by atomic mass is 10.2. The lowest BCUT2D eigenvalue weighted by molar-refractivity contribution is 0.0523. The van der Waals surface area contributed by atoms with Crippen molar-refractivity contribution >= 4 is 27.7 Å². The van der Waals surface area contributed by atoms with Gasteiger partial charge in [-0.3, -0.25) is 0 Å². The highest BCUT2D eigenvalue weighted by Gasteiger charge is 2.16. The number of alkyl carbamates (subject to hydrolysis) is 1. The van der Waals surface area contributed by atoms with Crippen LogP contribution in [0.1, 0.15) is 26.3 Å². The minimum Gasteiger partial charge on any atom is -0.505 e. The first kappa shape index (κ1) is 14.6. The molecule has 100 valence electrons. The molecule has 0 fully saturated rings. The predicted molar refractivity (Wildman–Crippen MR) is 73.3 cm³/mol. The lowest BCUT2D eigenvalue weighted by Gasteiger charge is -2.19. The lowest BCUT2D eigenvalue weighted by Crippen LogP contribution is -2.32. The molecular weight excluding hydrogens is 300 g/mol. The number of carbonyl (C=O) groups excluding carboxylic acids is 1. The summed E-state index contributed by atoms with van der Waals surface area (Å²) in [7, 11) is 0. The number of nitrogens with two attached hydrogens (primary N) is 1. The van der Waals surface area contributed by atoms with Crippen molar-refractivity contribution in [1.82, 2.24) is 5.32 Å². The van der Waals surface area contributed by atoms with Gasteiger partial charge >= 0.3 is 6.09 Å². The molecule has 0 aliphatic rings. The number of amides is 1. The smallest absolute Gasteiger partial charge is 0.407 e. The topological polar surface area (TPSA) is 84.6 Å². The minimum absolute atomic E-state index is 0.00369. The van der Waals surface area contributed by atoms with E-state index in [4.69, 9.17) is 10.5 Å². The Morgan fingerprint density at radius 2 is 2.11 bits per heavy atom. The van der Waals surface area contributed by atoms with Crippen molar-refractivity contribution in [3.63, 3.8) is 0 Å². The molecule has 0 aliphatic carbocycles. The highest BCUT2D eigenvalue weighted by Crippen LogP contribution is 2.31. The molecule has 6 heteroatoms. The summed E-state index contributed by atoms with van der Waals surface area (Å²) in [6.07, 6.45) is -0.495. The minimum atomic E-state index is -0.529. The normalized spacial score (nSPS) is 11.1. The summed E-state index contributed by atoms with van der Waals surface area (Å²) in [6, 6.07) is 3.28. The summed E-state index contributed by atoms with van der Waals surface area (Å²) in [6.45, 7) is 5.66. The molecule has 1 rings (SSSR count). The number of nitrogens with one attached hydrogen (secondary N) is 1. The predicted octanol–water partition coefficient (Wildman–Crippen LogP) is 2.76. The van der Waals surface area contributed by atoms with E-state index in [1.54, 1.807) is 32.9 Å². The van der Waals surface area contributed by atoms with E-state index in [1.165, 1.54) is 0 Å². The Morgan fingerprint density at radius 3 is 2.61 bits per heavy atom. The number of ether oxygens (including phenoxy) is 1. The van der Waals surface area contributed by atoms with E-state index in [1.807, 2.05) is 0 Å². The molecule has 4 N–H and O–H groups in total. The Kier molecular flexibility index (Phi) is 4.45. The monoisotopic (exact) mass is 316 g/mol. The van der Waals surface area contributed by atoms with Crippen LogP contribution in [-0.2, 0) is 11.3 Å². The highest BCUT2D eigenvalue weighted by molar-refractivity contribution is 9.10. The van der Waals surface area contributed by atoms with Crippen molar-refractivity contribution in [2.24, 2.45) is 0 Å². The van der Waals surface area contributed by atoms with Crippen molar-refractivity contribution in [1.29, 1.82) is 0 Å². The van der Waals surface area contributed by atoms with E-state index in [2.05, 4.69) is 21.2 Å². The largest absolute Gasteiger partial charge is 0.505 e. The van der Waals surface area contributed by atoms with Crippen LogP contribution < -0.4 is 11.1 Å². The second-order valence-electron chi connectivity index (χ2n) is 4.87. The molecule has 0 heterocycles. The van der Waals surface area contributed by atoms with Gasteiger partial charge in [0.05, 0.1) is 10.2 Å². The molecule has 0 atom stereocenters. The van der Waals surface area contributed by atoms with E-state index >= 15 is 0 Å². The Labute approximate surface area is 114 Å². The van der Waals surface area contributed by atoms with Gasteiger partial charge in [0.2, 0.25) is 0 Å². The summed E-state index contributed by atoms with van der Waals surface area (Å²) in [5, 5.41) is 12.1. The van der Waals surface area contributed by atoms with Crippen LogP contribution in [0.5, 0.6) is 5.75 Å². The molecule has 0 saturated heterocycles. The molecule has 0 radical (unpaired) electrons. The van der Waals surface area contributed by atoms with E-state index < -0.39 is 11.7 Å². The summed E-state index contributed by atoms with van der Waals surface area (Å²) >= 11 is 3.18. The number of nitrogen functional groups attached to an aromatic ring is 1. The van der Waals surface area contributed by atoms with Gasteiger partial charge in [-0.05, 0) is 54.4 Å². The van der Waals surface area contributed by atoms with Gasteiger partial charge in [-0.25, -0.2) is 4.79 Å². The van der Waals surface area contributed by atoms with Gasteiger partial charge in [-0.2, -0.15) is 0 Å². The summed E-state index contributed by atoms with van der Waals surface area (Å²) < 4.78 is 5.59. The van der Waals surface area contributed by atoms with E-state index in [-0.39, 0.29) is 18.0 Å². The Balaban J connectivity index is 2.62. The SMILES string of the molecule is CC(C)(C)OC(=O)NCc1cc(N)c(O)c(Br)c1. The molecule has 0 unspecified atom stereocenters. The highest BCUT2D eigenvalue weighted by atomic mass is 79.9. The van der Waals surface area contributed by atoms with Crippen LogP contribution in [0.3, 0.4) is 0 Å². The molecule has 5 nitrogen and oxygen atoms in total. The van der Waals surface area contributed by atoms with Gasteiger partial charge in [0.25, 0.3) is 0 Å². The molecule has 0 saturated carbocycles. The van der Waals surface area contributed by atoms with Crippen molar-refractivity contribution in [3.8, 4) is 5.75 Å². The van der Waals surface area contributed by atoms with Crippen LogP contribution >= 0.6 is 15.9 Å². The van der Waals surface area contributed by atoms with E-state index in [0.29, 0.717) is 4.47 Å². The van der Waals surface area contributed by atoms with E-state index in [9.17, 15) is 9.90 Å². The van der Waals surface area contributed by atoms with Gasteiger partial charge in [0.1, 0.15) is 5.60 Å². The summed E-state index contributed by atoms with van der Waals surface area (Å²) in [5.74, 6) is -0.00369. The van der Waals surface area contributed by atoms with Crippen molar-refractivity contribution in [2.45, 2.75) is 32.9 Å². The third-order valence-electron chi connectivity index (χ3n) is 1.99. The fourth-order valence-corrected chi connectivity index (χ4v) is 1.79. The number of halogens is 1. The van der Waals surface area contributed by atoms with Crippen LogP contribution in [0, 0.1) is 0 Å². The van der Waals surface area contributed by atoms with Crippen molar-refractivity contribution < 1.29 is 14.6 Å². The number of anilines is 1. The van der Waals surface area contributed by atoms with Crippen LogP contribution in [0.15, 0.2) is 16.6 Å². The Bertz CT molecular complexity index is 432. The first-order valence-corrected chi connectivity index (χ1v) is 6.22. The summed E-state index contributed by atoms with van der Waals surface area (Å²) in [5.41, 5.74) is 6.10. The standard InChI is InChI=1S/C12H17BrN2O3/c1-12(2,3)18-11(17)15-6-7-4-8(13)10(16)9(14)5-7/h4-5,16H,6,14H2,1-3H3,(H,15,17). The van der Waals surface area contributed by atoms with Gasteiger partial charge in [-0.1, -0.05) is 0 Å². The van der Waals surface area contributed by atoms with Gasteiger partial charge in [0, 0.05) is 6.54 Å². The second-order valence-corrected chi connectivity index (χ2v) is 5.73. The fourth-order valence-electron chi connectivity index (χ4n) is 1.27. The maximum Gasteiger partial charge on any atom is 0.407 e. The molecule has 0 bridgehead atoms. The average Bonchev–Trinajstić information content (AvgIpc) is 2.20. The van der Waals surface area contributed by atoms with Crippen molar-refractivity contribution in [2.75, 3.05) is 5.73 Å². The molecule has 0 aromatic heterocycles. The number of aromatic hydroxyl groups is 1. The van der Waals surface area contributed by atoms with Crippen LogP contribution in [-0.4, -0.2) is 16.8 Å².